The molecule has 1 aliphatic rings. The van der Waals surface area contributed by atoms with E-state index in [2.05, 4.69) is 24.1 Å². The van der Waals surface area contributed by atoms with Crippen LogP contribution in [0.3, 0.4) is 0 Å². The van der Waals surface area contributed by atoms with Crippen LogP contribution in [0.4, 0.5) is 0 Å². The third-order valence-electron chi connectivity index (χ3n) is 4.37. The summed E-state index contributed by atoms with van der Waals surface area (Å²) in [6.45, 7) is 4.38. The molecule has 2 rings (SSSR count). The van der Waals surface area contributed by atoms with E-state index in [1.165, 1.54) is 25.7 Å². The molecule has 3 nitrogen and oxygen atoms in total. The summed E-state index contributed by atoms with van der Waals surface area (Å²) in [5.41, 5.74) is 7.92. The first-order valence-corrected chi connectivity index (χ1v) is 7.73. The summed E-state index contributed by atoms with van der Waals surface area (Å²) >= 11 is 0. The SMILES string of the molecule is Cc1c(C#CCN)cccc1C(=O)NC(C)C1CCCC1. The number of benzene rings is 1. The number of rotatable bonds is 3. The quantitative estimate of drug-likeness (QED) is 0.838. The third kappa shape index (κ3) is 3.86. The van der Waals surface area contributed by atoms with Crippen molar-refractivity contribution in [2.24, 2.45) is 11.7 Å². The Morgan fingerprint density at radius 2 is 2.14 bits per heavy atom. The topological polar surface area (TPSA) is 55.1 Å². The van der Waals surface area contributed by atoms with Crippen molar-refractivity contribution >= 4 is 5.91 Å². The number of hydrogen-bond donors (Lipinski definition) is 2. The molecular weight excluding hydrogens is 260 g/mol. The number of hydrogen-bond acceptors (Lipinski definition) is 2. The molecule has 1 fully saturated rings. The summed E-state index contributed by atoms with van der Waals surface area (Å²) < 4.78 is 0. The van der Waals surface area contributed by atoms with Gasteiger partial charge in [0.2, 0.25) is 0 Å². The minimum absolute atomic E-state index is 0.00305. The van der Waals surface area contributed by atoms with E-state index in [9.17, 15) is 4.79 Å². The molecule has 0 saturated heterocycles. The fourth-order valence-electron chi connectivity index (χ4n) is 3.02. The summed E-state index contributed by atoms with van der Waals surface area (Å²) in [6.07, 6.45) is 5.02. The number of carbonyl (C=O) groups excluding carboxylic acids is 1. The molecule has 0 aromatic heterocycles. The van der Waals surface area contributed by atoms with E-state index in [1.807, 2.05) is 25.1 Å². The molecule has 1 aliphatic carbocycles. The lowest BCUT2D eigenvalue weighted by atomic mass is 9.98. The minimum atomic E-state index is 0.00305. The number of amides is 1. The van der Waals surface area contributed by atoms with Gasteiger partial charge in [0.1, 0.15) is 0 Å². The zero-order valence-electron chi connectivity index (χ0n) is 12.9. The molecule has 0 heterocycles. The van der Waals surface area contributed by atoms with Crippen LogP contribution < -0.4 is 11.1 Å². The Balaban J connectivity index is 2.11. The van der Waals surface area contributed by atoms with Gasteiger partial charge in [0.15, 0.2) is 0 Å². The maximum absolute atomic E-state index is 12.5. The third-order valence-corrected chi connectivity index (χ3v) is 4.37. The zero-order chi connectivity index (χ0) is 15.2. The van der Waals surface area contributed by atoms with Crippen LogP contribution in [0.2, 0.25) is 0 Å². The van der Waals surface area contributed by atoms with Crippen molar-refractivity contribution in [2.75, 3.05) is 6.54 Å². The molecule has 1 aromatic rings. The summed E-state index contributed by atoms with van der Waals surface area (Å²) in [6, 6.07) is 5.90. The second kappa shape index (κ2) is 7.28. The largest absolute Gasteiger partial charge is 0.349 e. The van der Waals surface area contributed by atoms with Gasteiger partial charge in [-0.05, 0) is 50.3 Å². The highest BCUT2D eigenvalue weighted by Gasteiger charge is 2.23. The molecule has 1 saturated carbocycles. The van der Waals surface area contributed by atoms with Crippen LogP contribution in [0, 0.1) is 24.7 Å². The molecule has 1 unspecified atom stereocenters. The molecule has 3 N–H and O–H groups in total. The molecule has 112 valence electrons. The summed E-state index contributed by atoms with van der Waals surface area (Å²) in [5.74, 6) is 6.49. The fraction of sp³-hybridized carbons (Fsp3) is 0.500. The van der Waals surface area contributed by atoms with Gasteiger partial charge < -0.3 is 11.1 Å². The van der Waals surface area contributed by atoms with Gasteiger partial charge in [-0.2, -0.15) is 0 Å². The number of nitrogens with two attached hydrogens (primary N) is 1. The fourth-order valence-corrected chi connectivity index (χ4v) is 3.02. The number of carbonyl (C=O) groups is 1. The second-order valence-corrected chi connectivity index (χ2v) is 5.79. The standard InChI is InChI=1S/C18H24N2O/c1-13-15(10-6-12-19)9-5-11-17(13)18(21)20-14(2)16-7-3-4-8-16/h5,9,11,14,16H,3-4,7-8,12,19H2,1-2H3,(H,20,21). The van der Waals surface area contributed by atoms with Crippen LogP contribution >= 0.6 is 0 Å². The summed E-state index contributed by atoms with van der Waals surface area (Å²) in [4.78, 5) is 12.5. The molecule has 1 aromatic carbocycles. The van der Waals surface area contributed by atoms with Crippen LogP contribution in [-0.4, -0.2) is 18.5 Å². The lowest BCUT2D eigenvalue weighted by molar-refractivity contribution is 0.0926. The van der Waals surface area contributed by atoms with E-state index in [0.717, 1.165) is 11.1 Å². The van der Waals surface area contributed by atoms with Crippen molar-refractivity contribution in [1.82, 2.24) is 5.32 Å². The predicted octanol–water partition coefficient (Wildman–Crippen LogP) is 2.61. The molecule has 0 bridgehead atoms. The first kappa shape index (κ1) is 15.6. The highest BCUT2D eigenvalue weighted by Crippen LogP contribution is 2.27. The van der Waals surface area contributed by atoms with Crippen molar-refractivity contribution in [2.45, 2.75) is 45.6 Å². The zero-order valence-corrected chi connectivity index (χ0v) is 12.9. The Hall–Kier alpha value is -1.79. The van der Waals surface area contributed by atoms with E-state index < -0.39 is 0 Å². The monoisotopic (exact) mass is 284 g/mol. The molecule has 1 amide bonds. The average molecular weight is 284 g/mol. The molecule has 1 atom stereocenters. The van der Waals surface area contributed by atoms with Crippen LogP contribution in [0.15, 0.2) is 18.2 Å². The van der Waals surface area contributed by atoms with Crippen LogP contribution in [0.5, 0.6) is 0 Å². The summed E-state index contributed by atoms with van der Waals surface area (Å²) in [7, 11) is 0. The van der Waals surface area contributed by atoms with E-state index in [4.69, 9.17) is 5.73 Å². The van der Waals surface area contributed by atoms with Gasteiger partial charge in [-0.3, -0.25) is 4.79 Å². The van der Waals surface area contributed by atoms with Gasteiger partial charge >= 0.3 is 0 Å². The Bertz CT molecular complexity index is 562. The van der Waals surface area contributed by atoms with Gasteiger partial charge in [-0.25, -0.2) is 0 Å². The molecule has 3 heteroatoms. The lowest BCUT2D eigenvalue weighted by Gasteiger charge is -2.21. The number of nitrogens with one attached hydrogen (secondary N) is 1. The van der Waals surface area contributed by atoms with E-state index >= 15 is 0 Å². The maximum atomic E-state index is 12.5. The van der Waals surface area contributed by atoms with Crippen LogP contribution in [0.25, 0.3) is 0 Å². The van der Waals surface area contributed by atoms with E-state index in [-0.39, 0.29) is 11.9 Å². The summed E-state index contributed by atoms with van der Waals surface area (Å²) in [5, 5.41) is 3.15. The molecule has 0 radical (unpaired) electrons. The normalized spacial score (nSPS) is 16.1. The van der Waals surface area contributed by atoms with Gasteiger partial charge in [0.25, 0.3) is 5.91 Å². The molecule has 0 spiro atoms. The van der Waals surface area contributed by atoms with E-state index in [0.29, 0.717) is 18.0 Å². The predicted molar refractivity (Wildman–Crippen MR) is 86.0 cm³/mol. The van der Waals surface area contributed by atoms with Gasteiger partial charge in [-0.15, -0.1) is 0 Å². The van der Waals surface area contributed by atoms with Crippen LogP contribution in [-0.2, 0) is 0 Å². The lowest BCUT2D eigenvalue weighted by Crippen LogP contribution is -2.37. The Morgan fingerprint density at radius 1 is 1.43 bits per heavy atom. The van der Waals surface area contributed by atoms with Gasteiger partial charge in [0, 0.05) is 17.2 Å². The minimum Gasteiger partial charge on any atom is -0.349 e. The Kier molecular flexibility index (Phi) is 5.41. The molecule has 21 heavy (non-hydrogen) atoms. The van der Waals surface area contributed by atoms with Crippen LogP contribution in [0.1, 0.15) is 54.1 Å². The van der Waals surface area contributed by atoms with Crippen molar-refractivity contribution in [3.8, 4) is 11.8 Å². The van der Waals surface area contributed by atoms with Gasteiger partial charge in [0.05, 0.1) is 6.54 Å². The van der Waals surface area contributed by atoms with Crippen molar-refractivity contribution in [3.63, 3.8) is 0 Å². The van der Waals surface area contributed by atoms with Crippen molar-refractivity contribution in [3.05, 3.63) is 34.9 Å². The Labute approximate surface area is 127 Å². The average Bonchev–Trinajstić information content (AvgIpc) is 3.00. The smallest absolute Gasteiger partial charge is 0.251 e. The Morgan fingerprint density at radius 3 is 2.81 bits per heavy atom. The van der Waals surface area contributed by atoms with Crippen molar-refractivity contribution < 1.29 is 4.79 Å². The van der Waals surface area contributed by atoms with Gasteiger partial charge in [-0.1, -0.05) is 30.7 Å². The highest BCUT2D eigenvalue weighted by atomic mass is 16.1. The first-order valence-electron chi connectivity index (χ1n) is 7.73. The molecule has 0 aliphatic heterocycles. The first-order chi connectivity index (χ1) is 10.1. The maximum Gasteiger partial charge on any atom is 0.251 e. The highest BCUT2D eigenvalue weighted by molar-refractivity contribution is 5.96. The van der Waals surface area contributed by atoms with Crippen molar-refractivity contribution in [1.29, 1.82) is 0 Å². The second-order valence-electron chi connectivity index (χ2n) is 5.79. The van der Waals surface area contributed by atoms with E-state index in [1.54, 1.807) is 0 Å². The molecular formula is C18H24N2O.